The number of ether oxygens (including phenoxy) is 1. The third-order valence-electron chi connectivity index (χ3n) is 6.51. The molecule has 0 bridgehead atoms. The molecule has 5 rings (SSSR count). The molecule has 4 aromatic rings. The lowest BCUT2D eigenvalue weighted by Crippen LogP contribution is -2.42. The number of benzene rings is 3. The SMILES string of the molecule is O=C(Cc1ccc(Oc2ccc(F)cc2)cc1)[C@@H]1C[C@@H](c2ccccc2)CN1C(=O)Cc1cnc[nH]1. The third-order valence-corrected chi connectivity index (χ3v) is 6.51. The second-order valence-electron chi connectivity index (χ2n) is 9.00. The molecule has 0 spiro atoms. The Morgan fingerprint density at radius 3 is 2.31 bits per heavy atom. The van der Waals surface area contributed by atoms with Crippen LogP contribution in [0, 0.1) is 5.82 Å². The molecule has 1 aromatic heterocycles. The predicted molar refractivity (Wildman–Crippen MR) is 133 cm³/mol. The number of aromatic amines is 1. The highest BCUT2D eigenvalue weighted by atomic mass is 19.1. The number of hydrogen-bond acceptors (Lipinski definition) is 4. The van der Waals surface area contributed by atoms with Crippen LogP contribution < -0.4 is 4.74 Å². The van der Waals surface area contributed by atoms with E-state index in [9.17, 15) is 14.0 Å². The number of likely N-dealkylation sites (tertiary alicyclic amines) is 1. The van der Waals surface area contributed by atoms with E-state index in [4.69, 9.17) is 4.74 Å². The maximum Gasteiger partial charge on any atom is 0.229 e. The fourth-order valence-electron chi connectivity index (χ4n) is 4.66. The summed E-state index contributed by atoms with van der Waals surface area (Å²) in [4.78, 5) is 35.3. The Morgan fingerprint density at radius 2 is 1.64 bits per heavy atom. The van der Waals surface area contributed by atoms with E-state index < -0.39 is 6.04 Å². The molecule has 1 amide bonds. The normalized spacial score (nSPS) is 17.2. The second-order valence-corrected chi connectivity index (χ2v) is 9.00. The number of nitrogens with one attached hydrogen (secondary N) is 1. The lowest BCUT2D eigenvalue weighted by Gasteiger charge is -2.23. The van der Waals surface area contributed by atoms with Gasteiger partial charge in [-0.2, -0.15) is 0 Å². The van der Waals surface area contributed by atoms with Crippen molar-refractivity contribution in [3.63, 3.8) is 0 Å². The zero-order valence-electron chi connectivity index (χ0n) is 19.6. The summed E-state index contributed by atoms with van der Waals surface area (Å²) < 4.78 is 18.8. The number of ketones is 1. The second kappa shape index (κ2) is 10.6. The van der Waals surface area contributed by atoms with Gasteiger partial charge in [-0.3, -0.25) is 9.59 Å². The Bertz CT molecular complexity index is 1310. The average molecular weight is 484 g/mol. The zero-order chi connectivity index (χ0) is 24.9. The summed E-state index contributed by atoms with van der Waals surface area (Å²) >= 11 is 0. The number of carbonyl (C=O) groups excluding carboxylic acids is 2. The van der Waals surface area contributed by atoms with Gasteiger partial charge in [0.05, 0.1) is 18.8 Å². The molecule has 3 aromatic carbocycles. The van der Waals surface area contributed by atoms with Crippen LogP contribution in [0.3, 0.4) is 0 Å². The van der Waals surface area contributed by atoms with E-state index in [1.807, 2.05) is 30.3 Å². The van der Waals surface area contributed by atoms with Crippen molar-refractivity contribution < 1.29 is 18.7 Å². The van der Waals surface area contributed by atoms with Crippen LogP contribution in [0.15, 0.2) is 91.4 Å². The first-order valence-corrected chi connectivity index (χ1v) is 11.9. The first-order valence-electron chi connectivity index (χ1n) is 11.9. The molecule has 0 saturated carbocycles. The van der Waals surface area contributed by atoms with E-state index in [0.717, 1.165) is 16.8 Å². The molecule has 1 aliphatic heterocycles. The van der Waals surface area contributed by atoms with E-state index in [2.05, 4.69) is 22.1 Å². The highest BCUT2D eigenvalue weighted by Gasteiger charge is 2.39. The Kier molecular flexibility index (Phi) is 6.89. The summed E-state index contributed by atoms with van der Waals surface area (Å²) in [6.07, 6.45) is 4.18. The molecule has 1 fully saturated rings. The van der Waals surface area contributed by atoms with Gasteiger partial charge in [-0.15, -0.1) is 0 Å². The Balaban J connectivity index is 1.28. The topological polar surface area (TPSA) is 75.3 Å². The van der Waals surface area contributed by atoms with Crippen molar-refractivity contribution in [1.82, 2.24) is 14.9 Å². The molecule has 0 unspecified atom stereocenters. The van der Waals surface area contributed by atoms with Crippen LogP contribution in [-0.4, -0.2) is 39.1 Å². The number of imidazole rings is 1. The summed E-state index contributed by atoms with van der Waals surface area (Å²) in [5, 5.41) is 0. The lowest BCUT2D eigenvalue weighted by molar-refractivity contribution is -0.136. The van der Waals surface area contributed by atoms with Crippen LogP contribution in [0.5, 0.6) is 11.5 Å². The van der Waals surface area contributed by atoms with Gasteiger partial charge >= 0.3 is 0 Å². The number of carbonyl (C=O) groups is 2. The van der Waals surface area contributed by atoms with Crippen molar-refractivity contribution >= 4 is 11.7 Å². The number of Topliss-reactive ketones (excluding diaryl/α,β-unsaturated/α-hetero) is 1. The molecule has 0 radical (unpaired) electrons. The number of nitrogens with zero attached hydrogens (tertiary/aromatic N) is 2. The van der Waals surface area contributed by atoms with Crippen LogP contribution in [0.1, 0.15) is 29.2 Å². The Labute approximate surface area is 208 Å². The molecule has 1 aliphatic rings. The summed E-state index contributed by atoms with van der Waals surface area (Å²) in [6.45, 7) is 0.512. The minimum absolute atomic E-state index is 0.0126. The zero-order valence-corrected chi connectivity index (χ0v) is 19.6. The molecular formula is C29H26FN3O3. The van der Waals surface area contributed by atoms with E-state index >= 15 is 0 Å². The molecule has 36 heavy (non-hydrogen) atoms. The smallest absolute Gasteiger partial charge is 0.229 e. The lowest BCUT2D eigenvalue weighted by atomic mass is 9.93. The Morgan fingerprint density at radius 1 is 0.944 bits per heavy atom. The van der Waals surface area contributed by atoms with Gasteiger partial charge in [0, 0.05) is 30.8 Å². The molecule has 182 valence electrons. The number of aromatic nitrogens is 2. The minimum Gasteiger partial charge on any atom is -0.457 e. The van der Waals surface area contributed by atoms with E-state index in [-0.39, 0.29) is 36.3 Å². The van der Waals surface area contributed by atoms with Gasteiger partial charge in [-0.1, -0.05) is 42.5 Å². The average Bonchev–Trinajstić information content (AvgIpc) is 3.58. The maximum atomic E-state index is 13.4. The maximum absolute atomic E-state index is 13.4. The van der Waals surface area contributed by atoms with E-state index in [1.54, 1.807) is 41.7 Å². The van der Waals surface area contributed by atoms with Crippen molar-refractivity contribution in [1.29, 1.82) is 0 Å². The van der Waals surface area contributed by atoms with Crippen molar-refractivity contribution in [3.8, 4) is 11.5 Å². The molecule has 2 heterocycles. The number of hydrogen-bond donors (Lipinski definition) is 1. The fraction of sp³-hybridized carbons (Fsp3) is 0.207. The van der Waals surface area contributed by atoms with Crippen LogP contribution in [0.2, 0.25) is 0 Å². The number of amides is 1. The van der Waals surface area contributed by atoms with E-state index in [1.165, 1.54) is 12.1 Å². The molecular weight excluding hydrogens is 457 g/mol. The standard InChI is InChI=1S/C29H26FN3O3/c30-23-8-12-26(13-9-23)36-25-10-6-20(7-11-25)14-28(34)27-15-22(21-4-2-1-3-5-21)18-33(27)29(35)16-24-17-31-19-32-24/h1-13,17,19,22,27H,14-16,18H2,(H,31,32)/t22-,27+/m1/s1. The van der Waals surface area contributed by atoms with Crippen molar-refractivity contribution in [2.45, 2.75) is 31.2 Å². The van der Waals surface area contributed by atoms with Gasteiger partial charge in [-0.05, 0) is 53.9 Å². The van der Waals surface area contributed by atoms with Crippen LogP contribution in [0.4, 0.5) is 4.39 Å². The largest absolute Gasteiger partial charge is 0.457 e. The summed E-state index contributed by atoms with van der Waals surface area (Å²) in [6, 6.07) is 22.6. The Hall–Kier alpha value is -4.26. The number of halogens is 1. The third kappa shape index (κ3) is 5.51. The van der Waals surface area contributed by atoms with Gasteiger partial charge in [0.25, 0.3) is 0 Å². The quantitative estimate of drug-likeness (QED) is 0.379. The van der Waals surface area contributed by atoms with Crippen LogP contribution in [-0.2, 0) is 22.4 Å². The van der Waals surface area contributed by atoms with Crippen LogP contribution >= 0.6 is 0 Å². The highest BCUT2D eigenvalue weighted by molar-refractivity contribution is 5.91. The van der Waals surface area contributed by atoms with Gasteiger partial charge in [0.1, 0.15) is 17.3 Å². The first kappa shape index (κ1) is 23.5. The van der Waals surface area contributed by atoms with Gasteiger partial charge in [0.2, 0.25) is 5.91 Å². The summed E-state index contributed by atoms with van der Waals surface area (Å²) in [5.41, 5.74) is 2.70. The van der Waals surface area contributed by atoms with Gasteiger partial charge < -0.3 is 14.6 Å². The molecule has 1 saturated heterocycles. The molecule has 0 aliphatic carbocycles. The summed E-state index contributed by atoms with van der Waals surface area (Å²) in [5.74, 6) is 0.841. The molecule has 7 heteroatoms. The predicted octanol–water partition coefficient (Wildman–Crippen LogP) is 5.08. The van der Waals surface area contributed by atoms with Crippen LogP contribution in [0.25, 0.3) is 0 Å². The number of H-pyrrole nitrogens is 1. The highest BCUT2D eigenvalue weighted by Crippen LogP contribution is 2.33. The fourth-order valence-corrected chi connectivity index (χ4v) is 4.66. The first-order chi connectivity index (χ1) is 17.5. The van der Waals surface area contributed by atoms with Gasteiger partial charge in [-0.25, -0.2) is 9.37 Å². The summed E-state index contributed by atoms with van der Waals surface area (Å²) in [7, 11) is 0. The van der Waals surface area contributed by atoms with E-state index in [0.29, 0.717) is 24.5 Å². The number of rotatable bonds is 8. The van der Waals surface area contributed by atoms with Crippen molar-refractivity contribution in [2.24, 2.45) is 0 Å². The van der Waals surface area contributed by atoms with Gasteiger partial charge in [0.15, 0.2) is 5.78 Å². The van der Waals surface area contributed by atoms with Crippen molar-refractivity contribution in [2.75, 3.05) is 6.54 Å². The minimum atomic E-state index is -0.485. The molecule has 6 nitrogen and oxygen atoms in total. The van der Waals surface area contributed by atoms with Crippen molar-refractivity contribution in [3.05, 3.63) is 114 Å². The molecule has 2 atom stereocenters. The monoisotopic (exact) mass is 483 g/mol. The molecule has 1 N–H and O–H groups in total.